The fourth-order valence-corrected chi connectivity index (χ4v) is 3.69. The van der Waals surface area contributed by atoms with Crippen molar-refractivity contribution in [3.05, 3.63) is 59.7 Å². The summed E-state index contributed by atoms with van der Waals surface area (Å²) in [4.78, 5) is 24.4. The molecule has 0 saturated carbocycles. The summed E-state index contributed by atoms with van der Waals surface area (Å²) in [7, 11) is 0. The average molecular weight is 367 g/mol. The van der Waals surface area contributed by atoms with Crippen molar-refractivity contribution in [2.45, 2.75) is 18.4 Å². The highest BCUT2D eigenvalue weighted by atomic mass is 16.6. The van der Waals surface area contributed by atoms with E-state index in [1.807, 2.05) is 24.3 Å². The minimum Gasteiger partial charge on any atom is -0.481 e. The Morgan fingerprint density at radius 2 is 1.59 bits per heavy atom. The van der Waals surface area contributed by atoms with Gasteiger partial charge in [0.15, 0.2) is 0 Å². The third kappa shape index (κ3) is 3.53. The third-order valence-corrected chi connectivity index (χ3v) is 5.11. The van der Waals surface area contributed by atoms with Gasteiger partial charge in [-0.3, -0.25) is 4.79 Å². The minimum atomic E-state index is -0.886. The van der Waals surface area contributed by atoms with Crippen LogP contribution in [0.4, 0.5) is 4.79 Å². The molecule has 4 rings (SSSR count). The molecular formula is C21H21NO5. The zero-order valence-electron chi connectivity index (χ0n) is 14.8. The maximum Gasteiger partial charge on any atom is 0.409 e. The number of ether oxygens (including phenoxy) is 2. The molecule has 0 unspecified atom stereocenters. The molecule has 1 fully saturated rings. The van der Waals surface area contributed by atoms with Gasteiger partial charge in [-0.05, 0) is 22.3 Å². The predicted octanol–water partition coefficient (Wildman–Crippen LogP) is 3.11. The third-order valence-electron chi connectivity index (χ3n) is 5.11. The van der Waals surface area contributed by atoms with Gasteiger partial charge in [0.2, 0.25) is 0 Å². The molecule has 0 aromatic heterocycles. The van der Waals surface area contributed by atoms with E-state index in [-0.39, 0.29) is 31.1 Å². The number of hydrogen-bond donors (Lipinski definition) is 1. The van der Waals surface area contributed by atoms with E-state index < -0.39 is 5.97 Å². The van der Waals surface area contributed by atoms with Gasteiger partial charge in [0.25, 0.3) is 0 Å². The number of benzene rings is 2. The van der Waals surface area contributed by atoms with Crippen LogP contribution in [0, 0.1) is 0 Å². The van der Waals surface area contributed by atoms with Crippen molar-refractivity contribution in [3.8, 4) is 11.1 Å². The molecule has 1 N–H and O–H groups in total. The van der Waals surface area contributed by atoms with E-state index in [0.717, 1.165) is 0 Å². The van der Waals surface area contributed by atoms with Crippen LogP contribution in [-0.4, -0.2) is 54.5 Å². The fraction of sp³-hybridized carbons (Fsp3) is 0.333. The molecule has 0 bridgehead atoms. The zero-order valence-corrected chi connectivity index (χ0v) is 14.8. The molecule has 140 valence electrons. The topological polar surface area (TPSA) is 76.1 Å². The fourth-order valence-electron chi connectivity index (χ4n) is 3.69. The Labute approximate surface area is 157 Å². The van der Waals surface area contributed by atoms with E-state index in [0.29, 0.717) is 19.7 Å². The van der Waals surface area contributed by atoms with E-state index in [9.17, 15) is 9.59 Å². The number of carboxylic acid groups (broad SMARTS) is 1. The number of rotatable bonds is 6. The van der Waals surface area contributed by atoms with Crippen molar-refractivity contribution < 1.29 is 24.2 Å². The first-order valence-electron chi connectivity index (χ1n) is 9.07. The summed E-state index contributed by atoms with van der Waals surface area (Å²) in [5, 5.41) is 8.61. The Morgan fingerprint density at radius 1 is 1.00 bits per heavy atom. The lowest BCUT2D eigenvalue weighted by molar-refractivity contribution is -0.139. The second-order valence-corrected chi connectivity index (χ2v) is 6.85. The Kier molecular flexibility index (Phi) is 4.81. The Morgan fingerprint density at radius 3 is 2.19 bits per heavy atom. The molecule has 1 heterocycles. The van der Waals surface area contributed by atoms with Gasteiger partial charge in [-0.1, -0.05) is 48.5 Å². The molecule has 1 aliphatic carbocycles. The van der Waals surface area contributed by atoms with E-state index in [2.05, 4.69) is 24.3 Å². The summed E-state index contributed by atoms with van der Waals surface area (Å²) >= 11 is 0. The van der Waals surface area contributed by atoms with Crippen molar-refractivity contribution in [3.63, 3.8) is 0 Å². The molecule has 0 atom stereocenters. The van der Waals surface area contributed by atoms with Crippen LogP contribution in [0.1, 0.15) is 23.5 Å². The monoisotopic (exact) mass is 367 g/mol. The first-order valence-corrected chi connectivity index (χ1v) is 9.07. The molecule has 0 spiro atoms. The number of likely N-dealkylation sites (tertiary alicyclic amines) is 1. The Bertz CT molecular complexity index is 814. The van der Waals surface area contributed by atoms with Gasteiger partial charge in [-0.25, -0.2) is 4.79 Å². The standard InChI is InChI=1S/C21H21NO5/c23-20(24)9-10-26-14-11-22(12-14)21(25)27-13-19-17-7-3-1-5-15(17)16-6-2-4-8-18(16)19/h1-8,14,19H,9-13H2,(H,23,24). The summed E-state index contributed by atoms with van der Waals surface area (Å²) in [5.41, 5.74) is 4.77. The zero-order chi connectivity index (χ0) is 18.8. The summed E-state index contributed by atoms with van der Waals surface area (Å²) in [6, 6.07) is 16.4. The molecule has 1 saturated heterocycles. The first kappa shape index (κ1) is 17.5. The molecular weight excluding hydrogens is 346 g/mol. The van der Waals surface area contributed by atoms with Crippen LogP contribution < -0.4 is 0 Å². The van der Waals surface area contributed by atoms with Crippen LogP contribution in [0.2, 0.25) is 0 Å². The van der Waals surface area contributed by atoms with Crippen LogP contribution in [-0.2, 0) is 14.3 Å². The van der Waals surface area contributed by atoms with Crippen molar-refractivity contribution in [2.75, 3.05) is 26.3 Å². The SMILES string of the molecule is O=C(O)CCOC1CN(C(=O)OCC2c3ccccc3-c3ccccc32)C1. The second kappa shape index (κ2) is 7.40. The van der Waals surface area contributed by atoms with Gasteiger partial charge in [-0.2, -0.15) is 0 Å². The summed E-state index contributed by atoms with van der Waals surface area (Å²) in [5.74, 6) is -0.840. The lowest BCUT2D eigenvalue weighted by atomic mass is 9.98. The highest BCUT2D eigenvalue weighted by Gasteiger charge is 2.34. The van der Waals surface area contributed by atoms with E-state index in [4.69, 9.17) is 14.6 Å². The van der Waals surface area contributed by atoms with Crippen molar-refractivity contribution in [2.24, 2.45) is 0 Å². The number of fused-ring (bicyclic) bond motifs is 3. The molecule has 2 aliphatic rings. The molecule has 1 amide bonds. The lowest BCUT2D eigenvalue weighted by Gasteiger charge is -2.38. The van der Waals surface area contributed by atoms with Gasteiger partial charge < -0.3 is 19.5 Å². The highest BCUT2D eigenvalue weighted by molar-refractivity contribution is 5.79. The van der Waals surface area contributed by atoms with Gasteiger partial charge in [-0.15, -0.1) is 0 Å². The number of carbonyl (C=O) groups excluding carboxylic acids is 1. The Hall–Kier alpha value is -2.86. The van der Waals surface area contributed by atoms with Gasteiger partial charge in [0.05, 0.1) is 32.2 Å². The number of hydrogen-bond acceptors (Lipinski definition) is 4. The number of nitrogens with zero attached hydrogens (tertiary/aromatic N) is 1. The van der Waals surface area contributed by atoms with Crippen LogP contribution in [0.5, 0.6) is 0 Å². The van der Waals surface area contributed by atoms with Crippen LogP contribution in [0.25, 0.3) is 11.1 Å². The van der Waals surface area contributed by atoms with Crippen molar-refractivity contribution in [1.29, 1.82) is 0 Å². The quantitative estimate of drug-likeness (QED) is 0.849. The number of aliphatic carboxylic acids is 1. The van der Waals surface area contributed by atoms with Crippen molar-refractivity contribution in [1.82, 2.24) is 4.90 Å². The van der Waals surface area contributed by atoms with E-state index in [1.54, 1.807) is 4.90 Å². The van der Waals surface area contributed by atoms with Crippen molar-refractivity contribution >= 4 is 12.1 Å². The smallest absolute Gasteiger partial charge is 0.409 e. The molecule has 0 radical (unpaired) electrons. The highest BCUT2D eigenvalue weighted by Crippen LogP contribution is 2.44. The van der Waals surface area contributed by atoms with Crippen LogP contribution in [0.3, 0.4) is 0 Å². The summed E-state index contributed by atoms with van der Waals surface area (Å²) in [6.07, 6.45) is -0.485. The maximum absolute atomic E-state index is 12.3. The number of carboxylic acids is 1. The summed E-state index contributed by atoms with van der Waals surface area (Å²) in [6.45, 7) is 1.35. The normalized spacial score (nSPS) is 15.8. The number of amides is 1. The van der Waals surface area contributed by atoms with Gasteiger partial charge in [0, 0.05) is 5.92 Å². The molecule has 2 aromatic carbocycles. The van der Waals surface area contributed by atoms with Gasteiger partial charge in [0.1, 0.15) is 6.61 Å². The number of carbonyl (C=O) groups is 2. The van der Waals surface area contributed by atoms with Crippen LogP contribution >= 0.6 is 0 Å². The largest absolute Gasteiger partial charge is 0.481 e. The molecule has 6 heteroatoms. The minimum absolute atomic E-state index is 0.0263. The molecule has 1 aliphatic heterocycles. The van der Waals surface area contributed by atoms with Gasteiger partial charge >= 0.3 is 12.1 Å². The first-order chi connectivity index (χ1) is 13.1. The predicted molar refractivity (Wildman–Crippen MR) is 98.6 cm³/mol. The lowest BCUT2D eigenvalue weighted by Crippen LogP contribution is -2.55. The summed E-state index contributed by atoms with van der Waals surface area (Å²) < 4.78 is 11.0. The second-order valence-electron chi connectivity index (χ2n) is 6.85. The maximum atomic E-state index is 12.3. The van der Waals surface area contributed by atoms with E-state index >= 15 is 0 Å². The molecule has 27 heavy (non-hydrogen) atoms. The molecule has 2 aromatic rings. The Balaban J connectivity index is 1.32. The van der Waals surface area contributed by atoms with E-state index in [1.165, 1.54) is 22.3 Å². The average Bonchev–Trinajstić information content (AvgIpc) is 2.95. The van der Waals surface area contributed by atoms with Crippen LogP contribution in [0.15, 0.2) is 48.5 Å². The molecule has 6 nitrogen and oxygen atoms in total.